The Morgan fingerprint density at radius 2 is 2.16 bits per heavy atom. The maximum absolute atomic E-state index is 13.0. The molecule has 0 aromatic carbocycles. The van der Waals surface area contributed by atoms with Gasteiger partial charge in [-0.2, -0.15) is 5.10 Å². The summed E-state index contributed by atoms with van der Waals surface area (Å²) in [5, 5.41) is 4.23. The van der Waals surface area contributed by atoms with Crippen molar-refractivity contribution in [2.45, 2.75) is 39.2 Å². The zero-order valence-electron chi connectivity index (χ0n) is 14.5. The second-order valence-corrected chi connectivity index (χ2v) is 8.28. The molecule has 1 aliphatic carbocycles. The molecule has 0 spiro atoms. The number of rotatable bonds is 2. The minimum absolute atomic E-state index is 0.0528. The van der Waals surface area contributed by atoms with Crippen LogP contribution in [0.4, 0.5) is 0 Å². The van der Waals surface area contributed by atoms with Crippen molar-refractivity contribution in [2.24, 2.45) is 18.7 Å². The highest BCUT2D eigenvalue weighted by molar-refractivity contribution is 7.14. The van der Waals surface area contributed by atoms with Gasteiger partial charge < -0.3 is 10.6 Å². The van der Waals surface area contributed by atoms with Crippen LogP contribution in [0.1, 0.15) is 55.2 Å². The smallest absolute Gasteiger partial charge is 0.269 e. The number of thiophene rings is 1. The van der Waals surface area contributed by atoms with Crippen molar-refractivity contribution in [1.29, 1.82) is 0 Å². The van der Waals surface area contributed by atoms with Gasteiger partial charge in [-0.25, -0.2) is 0 Å². The minimum Gasteiger partial charge on any atom is -0.364 e. The van der Waals surface area contributed by atoms with Gasteiger partial charge in [-0.1, -0.05) is 6.92 Å². The number of nitrogens with zero attached hydrogens (tertiary/aromatic N) is 3. The lowest BCUT2D eigenvalue weighted by Crippen LogP contribution is -2.36. The molecule has 132 valence electrons. The van der Waals surface area contributed by atoms with Crippen molar-refractivity contribution in [3.8, 4) is 0 Å². The SMILES string of the molecule is C[C@@H]1CCc2sc(C(=O)N3CCc4c(c(C(N)=O)nn4C)C3)cc2C1. The number of nitrogens with two attached hydrogens (primary N) is 1. The highest BCUT2D eigenvalue weighted by Crippen LogP contribution is 2.33. The van der Waals surface area contributed by atoms with Crippen molar-refractivity contribution in [1.82, 2.24) is 14.7 Å². The quantitative estimate of drug-likeness (QED) is 0.890. The number of aryl methyl sites for hydroxylation is 2. The van der Waals surface area contributed by atoms with Crippen molar-refractivity contribution in [3.63, 3.8) is 0 Å². The fraction of sp³-hybridized carbons (Fsp3) is 0.500. The molecule has 0 unspecified atom stereocenters. The third kappa shape index (κ3) is 2.76. The van der Waals surface area contributed by atoms with Gasteiger partial charge in [0, 0.05) is 36.1 Å². The van der Waals surface area contributed by atoms with Gasteiger partial charge in [0.2, 0.25) is 0 Å². The summed E-state index contributed by atoms with van der Waals surface area (Å²) in [5.74, 6) is 0.208. The van der Waals surface area contributed by atoms with Crippen molar-refractivity contribution in [2.75, 3.05) is 6.54 Å². The molecule has 1 atom stereocenters. The number of carbonyl (C=O) groups excluding carboxylic acids is 2. The lowest BCUT2D eigenvalue weighted by molar-refractivity contribution is 0.0736. The number of hydrogen-bond acceptors (Lipinski definition) is 4. The average Bonchev–Trinajstić information content (AvgIpc) is 3.15. The zero-order valence-corrected chi connectivity index (χ0v) is 15.4. The Morgan fingerprint density at radius 1 is 1.36 bits per heavy atom. The number of primary amides is 1. The molecule has 25 heavy (non-hydrogen) atoms. The number of fused-ring (bicyclic) bond motifs is 2. The maximum atomic E-state index is 13.0. The third-order valence-electron chi connectivity index (χ3n) is 5.30. The van der Waals surface area contributed by atoms with Gasteiger partial charge in [-0.15, -0.1) is 11.3 Å². The van der Waals surface area contributed by atoms with Crippen LogP contribution < -0.4 is 5.73 Å². The second-order valence-electron chi connectivity index (χ2n) is 7.15. The van der Waals surface area contributed by atoms with Gasteiger partial charge in [0.1, 0.15) is 0 Å². The number of amides is 2. The molecule has 1 aliphatic heterocycles. The third-order valence-corrected chi connectivity index (χ3v) is 6.53. The van der Waals surface area contributed by atoms with Gasteiger partial charge in [0.25, 0.3) is 11.8 Å². The predicted molar refractivity (Wildman–Crippen MR) is 95.7 cm³/mol. The maximum Gasteiger partial charge on any atom is 0.269 e. The van der Waals surface area contributed by atoms with Crippen LogP contribution in [0.15, 0.2) is 6.07 Å². The molecule has 0 saturated carbocycles. The first kappa shape index (κ1) is 16.3. The fourth-order valence-electron chi connectivity index (χ4n) is 3.93. The molecule has 4 rings (SSSR count). The summed E-state index contributed by atoms with van der Waals surface area (Å²) in [6.07, 6.45) is 4.04. The summed E-state index contributed by atoms with van der Waals surface area (Å²) in [6.45, 7) is 3.31. The van der Waals surface area contributed by atoms with Gasteiger partial charge in [-0.05, 0) is 36.8 Å². The lowest BCUT2D eigenvalue weighted by Gasteiger charge is -2.27. The molecular formula is C18H22N4O2S. The van der Waals surface area contributed by atoms with Crippen LogP contribution in [0, 0.1) is 5.92 Å². The summed E-state index contributed by atoms with van der Waals surface area (Å²) >= 11 is 1.63. The summed E-state index contributed by atoms with van der Waals surface area (Å²) in [6, 6.07) is 2.08. The van der Waals surface area contributed by atoms with E-state index in [0.717, 1.165) is 29.0 Å². The van der Waals surface area contributed by atoms with Crippen LogP contribution >= 0.6 is 11.3 Å². The highest BCUT2D eigenvalue weighted by Gasteiger charge is 2.30. The molecule has 2 aliphatic rings. The van der Waals surface area contributed by atoms with Crippen molar-refractivity contribution in [3.05, 3.63) is 38.3 Å². The summed E-state index contributed by atoms with van der Waals surface area (Å²) in [7, 11) is 1.82. The van der Waals surface area contributed by atoms with E-state index in [0.29, 0.717) is 25.4 Å². The molecule has 0 bridgehead atoms. The van der Waals surface area contributed by atoms with Gasteiger partial charge in [0.05, 0.1) is 11.4 Å². The molecular weight excluding hydrogens is 336 g/mol. The molecule has 0 saturated heterocycles. The lowest BCUT2D eigenvalue weighted by atomic mass is 9.90. The fourth-order valence-corrected chi connectivity index (χ4v) is 5.11. The average molecular weight is 358 g/mol. The first-order valence-electron chi connectivity index (χ1n) is 8.69. The summed E-state index contributed by atoms with van der Waals surface area (Å²) in [4.78, 5) is 28.6. The number of hydrogen-bond donors (Lipinski definition) is 1. The first-order chi connectivity index (χ1) is 11.9. The van der Waals surface area contributed by atoms with E-state index in [9.17, 15) is 9.59 Å². The van der Waals surface area contributed by atoms with Gasteiger partial charge in [0.15, 0.2) is 5.69 Å². The van der Waals surface area contributed by atoms with Crippen LogP contribution in [0.2, 0.25) is 0 Å². The molecule has 2 aromatic rings. The molecule has 2 N–H and O–H groups in total. The van der Waals surface area contributed by atoms with Crippen LogP contribution in [-0.4, -0.2) is 33.0 Å². The Balaban J connectivity index is 1.60. The Morgan fingerprint density at radius 3 is 2.92 bits per heavy atom. The van der Waals surface area contributed by atoms with E-state index in [1.165, 1.54) is 16.9 Å². The van der Waals surface area contributed by atoms with Gasteiger partial charge >= 0.3 is 0 Å². The van der Waals surface area contributed by atoms with E-state index in [1.54, 1.807) is 16.0 Å². The molecule has 7 heteroatoms. The second kappa shape index (κ2) is 5.98. The Kier molecular flexibility index (Phi) is 3.91. The molecule has 2 amide bonds. The molecule has 2 aromatic heterocycles. The molecule has 3 heterocycles. The Bertz CT molecular complexity index is 867. The summed E-state index contributed by atoms with van der Waals surface area (Å²) in [5.41, 5.74) is 8.86. The van der Waals surface area contributed by atoms with Crippen LogP contribution in [0.5, 0.6) is 0 Å². The van der Waals surface area contributed by atoms with E-state index in [-0.39, 0.29) is 11.6 Å². The zero-order chi connectivity index (χ0) is 17.7. The molecule has 0 radical (unpaired) electrons. The predicted octanol–water partition coefficient (Wildman–Crippen LogP) is 1.90. The molecule has 6 nitrogen and oxygen atoms in total. The van der Waals surface area contributed by atoms with Gasteiger partial charge in [-0.3, -0.25) is 14.3 Å². The monoisotopic (exact) mass is 358 g/mol. The van der Waals surface area contributed by atoms with E-state index < -0.39 is 5.91 Å². The van der Waals surface area contributed by atoms with Crippen molar-refractivity contribution < 1.29 is 9.59 Å². The first-order valence-corrected chi connectivity index (χ1v) is 9.51. The number of aromatic nitrogens is 2. The van der Waals surface area contributed by atoms with Crippen LogP contribution in [0.25, 0.3) is 0 Å². The van der Waals surface area contributed by atoms with Crippen LogP contribution in [-0.2, 0) is 32.9 Å². The van der Waals surface area contributed by atoms with E-state index in [2.05, 4.69) is 18.1 Å². The standard InChI is InChI=1S/C18H22N4O2S/c1-10-3-4-14-11(7-10)8-15(25-14)18(24)22-6-5-13-12(9-22)16(17(19)23)20-21(13)2/h8,10H,3-7,9H2,1-2H3,(H2,19,23)/t10-/m1/s1. The van der Waals surface area contributed by atoms with E-state index in [1.807, 2.05) is 11.9 Å². The van der Waals surface area contributed by atoms with E-state index >= 15 is 0 Å². The minimum atomic E-state index is -0.535. The normalized spacial score (nSPS) is 19.4. The Labute approximate surface area is 150 Å². The van der Waals surface area contributed by atoms with Crippen molar-refractivity contribution >= 4 is 23.2 Å². The summed E-state index contributed by atoms with van der Waals surface area (Å²) < 4.78 is 1.71. The Hall–Kier alpha value is -2.15. The van der Waals surface area contributed by atoms with Crippen LogP contribution in [0.3, 0.4) is 0 Å². The van der Waals surface area contributed by atoms with E-state index in [4.69, 9.17) is 5.73 Å². The largest absolute Gasteiger partial charge is 0.364 e. The molecule has 0 fully saturated rings. The highest BCUT2D eigenvalue weighted by atomic mass is 32.1. The number of carbonyl (C=O) groups is 2. The topological polar surface area (TPSA) is 81.2 Å².